The van der Waals surface area contributed by atoms with Crippen molar-refractivity contribution in [2.45, 2.75) is 94.4 Å². The van der Waals surface area contributed by atoms with Crippen molar-refractivity contribution < 1.29 is 20.4 Å². The van der Waals surface area contributed by atoms with Crippen LogP contribution in [-0.2, 0) is 6.42 Å². The first-order valence-corrected chi connectivity index (χ1v) is 16.2. The summed E-state index contributed by atoms with van der Waals surface area (Å²) in [4.78, 5) is 7.79. The molecule has 0 radical (unpaired) electrons. The van der Waals surface area contributed by atoms with Crippen LogP contribution in [-0.4, -0.2) is 75.4 Å². The summed E-state index contributed by atoms with van der Waals surface area (Å²) in [6.07, 6.45) is 9.05. The van der Waals surface area contributed by atoms with Gasteiger partial charge in [-0.05, 0) is 92.6 Å². The number of hydrogen-bond donors (Lipinski definition) is 7. The molecule has 3 aliphatic rings. The van der Waals surface area contributed by atoms with Crippen LogP contribution < -0.4 is 10.6 Å². The lowest BCUT2D eigenvalue weighted by molar-refractivity contribution is -0.120. The molecule has 1 aromatic heterocycles. The lowest BCUT2D eigenvalue weighted by Gasteiger charge is -2.45. The maximum Gasteiger partial charge on any atom is 0.190 e. The average molecular weight is 581 g/mol. The summed E-state index contributed by atoms with van der Waals surface area (Å²) in [6, 6.07) is 10.5. The molecule has 0 bridgehead atoms. The largest absolute Gasteiger partial charge is 0.396 e. The molecule has 1 aromatic carbocycles. The maximum atomic E-state index is 12.5. The number of guanidine groups is 1. The molecular formula is C34H52N4O4. The molecule has 232 valence electrons. The summed E-state index contributed by atoms with van der Waals surface area (Å²) in [5.41, 5.74) is 1.18. The zero-order chi connectivity index (χ0) is 29.7. The fourth-order valence-corrected chi connectivity index (χ4v) is 8.48. The molecule has 3 fully saturated rings. The van der Waals surface area contributed by atoms with E-state index < -0.39 is 17.3 Å². The Morgan fingerprint density at radius 2 is 1.81 bits per heavy atom. The molecule has 0 amide bonds. The summed E-state index contributed by atoms with van der Waals surface area (Å²) in [6.45, 7) is 5.71. The van der Waals surface area contributed by atoms with Crippen LogP contribution in [0.3, 0.4) is 0 Å². The molecule has 3 saturated carbocycles. The summed E-state index contributed by atoms with van der Waals surface area (Å²) in [5, 5.41) is 53.0. The van der Waals surface area contributed by atoms with E-state index in [-0.39, 0.29) is 30.3 Å². The predicted molar refractivity (Wildman–Crippen MR) is 168 cm³/mol. The molecule has 6 atom stereocenters. The molecule has 5 rings (SSSR count). The van der Waals surface area contributed by atoms with Crippen molar-refractivity contribution in [1.82, 2.24) is 15.6 Å². The van der Waals surface area contributed by atoms with Crippen molar-refractivity contribution in [1.29, 1.82) is 0 Å². The first-order chi connectivity index (χ1) is 20.3. The second-order valence-electron chi connectivity index (χ2n) is 13.2. The average Bonchev–Trinajstić information content (AvgIpc) is 3.46. The number of aromatic nitrogens is 1. The van der Waals surface area contributed by atoms with Gasteiger partial charge in [-0.25, -0.2) is 0 Å². The van der Waals surface area contributed by atoms with E-state index in [1.165, 1.54) is 11.8 Å². The second-order valence-corrected chi connectivity index (χ2v) is 13.2. The van der Waals surface area contributed by atoms with E-state index in [0.29, 0.717) is 44.7 Å². The summed E-state index contributed by atoms with van der Waals surface area (Å²) in [5.74, 6) is 0.604. The fourth-order valence-electron chi connectivity index (χ4n) is 8.48. The number of aliphatic hydroxyl groups is 4. The molecule has 8 heteroatoms. The molecule has 2 aromatic rings. The van der Waals surface area contributed by atoms with Gasteiger partial charge >= 0.3 is 0 Å². The van der Waals surface area contributed by atoms with Crippen molar-refractivity contribution >= 4 is 16.9 Å². The van der Waals surface area contributed by atoms with E-state index in [9.17, 15) is 15.3 Å². The van der Waals surface area contributed by atoms with Gasteiger partial charge in [0.05, 0.1) is 17.3 Å². The number of H-pyrrole nitrogens is 1. The minimum absolute atomic E-state index is 0.107. The third-order valence-corrected chi connectivity index (χ3v) is 10.8. The van der Waals surface area contributed by atoms with E-state index in [4.69, 9.17) is 5.11 Å². The molecule has 0 saturated heterocycles. The number of benzene rings is 1. The molecule has 3 aliphatic carbocycles. The SMILES string of the molecule is C=C(Cc1cc2ccccc2[nH]1)C1CCC(O)(C2CCCCC2)C2CC(O)C(O)(CCNC(=NC)NCCCO)C2C1. The molecule has 6 unspecified atom stereocenters. The Kier molecular flexibility index (Phi) is 9.98. The molecule has 8 nitrogen and oxygen atoms in total. The number of aliphatic imine (C=N–C) groups is 1. The number of hydrogen-bond acceptors (Lipinski definition) is 5. The predicted octanol–water partition coefficient (Wildman–Crippen LogP) is 4.04. The van der Waals surface area contributed by atoms with Gasteiger partial charge in [-0.2, -0.15) is 0 Å². The molecule has 7 N–H and O–H groups in total. The summed E-state index contributed by atoms with van der Waals surface area (Å²) >= 11 is 0. The van der Waals surface area contributed by atoms with Gasteiger partial charge in [-0.1, -0.05) is 49.6 Å². The molecule has 42 heavy (non-hydrogen) atoms. The summed E-state index contributed by atoms with van der Waals surface area (Å²) in [7, 11) is 1.70. The van der Waals surface area contributed by atoms with Crippen LogP contribution in [0.4, 0.5) is 0 Å². The first kappa shape index (κ1) is 31.0. The number of rotatable bonds is 10. The topological polar surface area (TPSA) is 133 Å². The number of para-hydroxylation sites is 1. The third kappa shape index (κ3) is 6.42. The highest BCUT2D eigenvalue weighted by Crippen LogP contribution is 2.57. The minimum atomic E-state index is -1.31. The summed E-state index contributed by atoms with van der Waals surface area (Å²) < 4.78 is 0. The zero-order valence-corrected chi connectivity index (χ0v) is 25.3. The number of nitrogens with zero attached hydrogens (tertiary/aromatic N) is 1. The van der Waals surface area contributed by atoms with Crippen molar-refractivity contribution in [3.63, 3.8) is 0 Å². The van der Waals surface area contributed by atoms with Gasteiger partial charge in [0.15, 0.2) is 5.96 Å². The van der Waals surface area contributed by atoms with E-state index >= 15 is 0 Å². The standard InChI is InChI=1S/C34H52N4O4/c1-23(19-27-20-25-9-6-7-12-30(25)38-27)24-13-14-33(41,26-10-4-3-5-11-26)29-22-31(40)34(42,28(29)21-24)15-17-37-32(35-2)36-16-8-18-39/h6-7,9,12,20,24,26,28-29,31,38-42H,1,3-5,8,10-11,13-19,21-22H2,2H3,(H2,35,36,37). The molecule has 0 spiro atoms. The molecule has 1 heterocycles. The zero-order valence-electron chi connectivity index (χ0n) is 25.3. The van der Waals surface area contributed by atoms with Crippen LogP contribution in [0.2, 0.25) is 0 Å². The normalized spacial score (nSPS) is 32.5. The van der Waals surface area contributed by atoms with E-state index in [2.05, 4.69) is 45.4 Å². The molecular weight excluding hydrogens is 528 g/mol. The number of nitrogens with one attached hydrogen (secondary N) is 3. The number of aliphatic hydroxyl groups excluding tert-OH is 2. The van der Waals surface area contributed by atoms with Gasteiger partial charge in [-0.3, -0.25) is 4.99 Å². The lowest BCUT2D eigenvalue weighted by atomic mass is 9.65. The quantitative estimate of drug-likeness (QED) is 0.0982. The van der Waals surface area contributed by atoms with Crippen LogP contribution in [0.25, 0.3) is 10.9 Å². The Morgan fingerprint density at radius 3 is 2.55 bits per heavy atom. The van der Waals surface area contributed by atoms with Crippen LogP contribution in [0.5, 0.6) is 0 Å². The Bertz CT molecular complexity index is 1190. The van der Waals surface area contributed by atoms with Gasteiger partial charge in [0.25, 0.3) is 0 Å². The molecule has 0 aliphatic heterocycles. The van der Waals surface area contributed by atoms with Crippen LogP contribution in [0.1, 0.15) is 76.3 Å². The minimum Gasteiger partial charge on any atom is -0.396 e. The number of allylic oxidation sites excluding steroid dienone is 1. The van der Waals surface area contributed by atoms with Gasteiger partial charge < -0.3 is 36.0 Å². The Labute approximate surface area is 250 Å². The van der Waals surface area contributed by atoms with Crippen LogP contribution in [0, 0.1) is 23.7 Å². The van der Waals surface area contributed by atoms with Crippen LogP contribution >= 0.6 is 0 Å². The smallest absolute Gasteiger partial charge is 0.190 e. The van der Waals surface area contributed by atoms with Crippen molar-refractivity contribution in [2.75, 3.05) is 26.7 Å². The lowest BCUT2D eigenvalue weighted by Crippen LogP contribution is -2.51. The fraction of sp³-hybridized carbons (Fsp3) is 0.676. The maximum absolute atomic E-state index is 12.5. The highest BCUT2D eigenvalue weighted by atomic mass is 16.3. The van der Waals surface area contributed by atoms with E-state index in [0.717, 1.165) is 61.7 Å². The highest BCUT2D eigenvalue weighted by molar-refractivity contribution is 5.80. The van der Waals surface area contributed by atoms with Gasteiger partial charge in [-0.15, -0.1) is 0 Å². The van der Waals surface area contributed by atoms with Gasteiger partial charge in [0.1, 0.15) is 0 Å². The Balaban J connectivity index is 1.36. The van der Waals surface area contributed by atoms with Crippen molar-refractivity contribution in [3.8, 4) is 0 Å². The second kappa shape index (κ2) is 13.5. The Hall–Kier alpha value is -2.39. The first-order valence-electron chi connectivity index (χ1n) is 16.2. The third-order valence-electron chi connectivity index (χ3n) is 10.8. The number of aromatic amines is 1. The van der Waals surface area contributed by atoms with E-state index in [1.807, 2.05) is 12.1 Å². The van der Waals surface area contributed by atoms with E-state index in [1.54, 1.807) is 7.05 Å². The van der Waals surface area contributed by atoms with Crippen LogP contribution in [0.15, 0.2) is 47.5 Å². The number of fused-ring (bicyclic) bond motifs is 2. The Morgan fingerprint density at radius 1 is 1.05 bits per heavy atom. The highest BCUT2D eigenvalue weighted by Gasteiger charge is 2.61. The monoisotopic (exact) mass is 580 g/mol. The van der Waals surface area contributed by atoms with Crippen molar-refractivity contribution in [3.05, 3.63) is 48.2 Å². The van der Waals surface area contributed by atoms with Crippen molar-refractivity contribution in [2.24, 2.45) is 28.7 Å². The van der Waals surface area contributed by atoms with Gasteiger partial charge in [0.2, 0.25) is 0 Å². The van der Waals surface area contributed by atoms with Gasteiger partial charge in [0, 0.05) is 44.4 Å².